The number of likely N-dealkylation sites (tertiary alicyclic amines) is 1. The predicted molar refractivity (Wildman–Crippen MR) is 98.5 cm³/mol. The molecule has 1 saturated carbocycles. The van der Waals surface area contributed by atoms with Gasteiger partial charge in [-0.3, -0.25) is 14.8 Å². The number of hydrogen-bond donors (Lipinski definition) is 2. The molecule has 0 radical (unpaired) electrons. The lowest BCUT2D eigenvalue weighted by atomic mass is 10.1. The number of nitrogens with zero attached hydrogens (tertiary/aromatic N) is 3. The summed E-state index contributed by atoms with van der Waals surface area (Å²) in [5.41, 5.74) is 0. The number of ether oxygens (including phenoxy) is 1. The van der Waals surface area contributed by atoms with E-state index in [1.807, 2.05) is 7.05 Å². The Labute approximate surface area is 147 Å². The molecule has 138 valence electrons. The Morgan fingerprint density at radius 1 is 1.29 bits per heavy atom. The Bertz CT molecular complexity index is 420. The Kier molecular flexibility index (Phi) is 6.36. The lowest BCUT2D eigenvalue weighted by Gasteiger charge is -2.29. The van der Waals surface area contributed by atoms with Crippen molar-refractivity contribution in [3.63, 3.8) is 0 Å². The molecule has 0 amide bonds. The van der Waals surface area contributed by atoms with Crippen molar-refractivity contribution in [3.8, 4) is 0 Å². The van der Waals surface area contributed by atoms with Crippen LogP contribution in [0.2, 0.25) is 0 Å². The van der Waals surface area contributed by atoms with Gasteiger partial charge >= 0.3 is 0 Å². The molecule has 2 heterocycles. The molecule has 3 unspecified atom stereocenters. The van der Waals surface area contributed by atoms with Crippen molar-refractivity contribution in [3.05, 3.63) is 0 Å². The molecule has 0 aromatic carbocycles. The van der Waals surface area contributed by atoms with Gasteiger partial charge in [0.15, 0.2) is 5.96 Å². The summed E-state index contributed by atoms with van der Waals surface area (Å²) >= 11 is 0. The predicted octanol–water partition coefficient (Wildman–Crippen LogP) is 0.745. The average Bonchev–Trinajstić information content (AvgIpc) is 3.36. The van der Waals surface area contributed by atoms with Gasteiger partial charge in [-0.2, -0.15) is 0 Å². The van der Waals surface area contributed by atoms with Crippen molar-refractivity contribution < 1.29 is 4.74 Å². The molecule has 6 heteroatoms. The van der Waals surface area contributed by atoms with Gasteiger partial charge in [-0.25, -0.2) is 0 Å². The van der Waals surface area contributed by atoms with Crippen molar-refractivity contribution in [2.24, 2.45) is 10.9 Å². The van der Waals surface area contributed by atoms with E-state index < -0.39 is 0 Å². The van der Waals surface area contributed by atoms with Crippen LogP contribution in [-0.2, 0) is 4.74 Å². The van der Waals surface area contributed by atoms with E-state index in [0.29, 0.717) is 18.0 Å². The third kappa shape index (κ3) is 5.07. The van der Waals surface area contributed by atoms with Gasteiger partial charge in [-0.15, -0.1) is 0 Å². The van der Waals surface area contributed by atoms with Crippen molar-refractivity contribution in [1.29, 1.82) is 0 Å². The average molecular weight is 338 g/mol. The van der Waals surface area contributed by atoms with Gasteiger partial charge in [-0.1, -0.05) is 6.92 Å². The van der Waals surface area contributed by atoms with Crippen molar-refractivity contribution in [1.82, 2.24) is 20.4 Å². The Hall–Kier alpha value is -0.850. The molecule has 2 aliphatic heterocycles. The fraction of sp³-hybridized carbons (Fsp3) is 0.944. The van der Waals surface area contributed by atoms with Gasteiger partial charge in [0.1, 0.15) is 0 Å². The van der Waals surface area contributed by atoms with E-state index in [2.05, 4.69) is 39.3 Å². The highest BCUT2D eigenvalue weighted by Crippen LogP contribution is 2.33. The number of guanidine groups is 1. The summed E-state index contributed by atoms with van der Waals surface area (Å²) in [6, 6.07) is 2.09. The molecule has 3 rings (SSSR count). The first kappa shape index (κ1) is 18.0. The minimum atomic E-state index is 0.529. The maximum Gasteiger partial charge on any atom is 0.191 e. The largest absolute Gasteiger partial charge is 0.379 e. The lowest BCUT2D eigenvalue weighted by molar-refractivity contribution is 0.0320. The van der Waals surface area contributed by atoms with Crippen LogP contribution in [0.25, 0.3) is 0 Å². The second kappa shape index (κ2) is 8.50. The van der Waals surface area contributed by atoms with Gasteiger partial charge in [0, 0.05) is 57.9 Å². The van der Waals surface area contributed by atoms with Crippen LogP contribution in [0.4, 0.5) is 0 Å². The van der Waals surface area contributed by atoms with Crippen LogP contribution in [0.5, 0.6) is 0 Å². The Balaban J connectivity index is 1.37. The molecule has 2 saturated heterocycles. The zero-order valence-electron chi connectivity index (χ0n) is 15.6. The number of aliphatic imine (C=N–C) groups is 1. The Morgan fingerprint density at radius 2 is 2.04 bits per heavy atom. The maximum absolute atomic E-state index is 5.42. The molecule has 6 nitrogen and oxygen atoms in total. The smallest absolute Gasteiger partial charge is 0.191 e. The van der Waals surface area contributed by atoms with Crippen LogP contribution < -0.4 is 10.6 Å². The van der Waals surface area contributed by atoms with E-state index in [-0.39, 0.29) is 0 Å². The molecule has 24 heavy (non-hydrogen) atoms. The van der Waals surface area contributed by atoms with Gasteiger partial charge < -0.3 is 15.4 Å². The minimum Gasteiger partial charge on any atom is -0.379 e. The zero-order chi connectivity index (χ0) is 16.9. The molecule has 2 N–H and O–H groups in total. The summed E-state index contributed by atoms with van der Waals surface area (Å²) in [7, 11) is 1.87. The van der Waals surface area contributed by atoms with Crippen molar-refractivity contribution in [2.45, 2.75) is 51.2 Å². The normalized spacial score (nSPS) is 31.2. The van der Waals surface area contributed by atoms with Crippen molar-refractivity contribution >= 4 is 5.96 Å². The summed E-state index contributed by atoms with van der Waals surface area (Å²) < 4.78 is 5.42. The molecular weight excluding hydrogens is 302 g/mol. The quantitative estimate of drug-likeness (QED) is 0.553. The van der Waals surface area contributed by atoms with E-state index in [1.165, 1.54) is 19.3 Å². The van der Waals surface area contributed by atoms with Gasteiger partial charge in [0.2, 0.25) is 0 Å². The van der Waals surface area contributed by atoms with Crippen LogP contribution in [0, 0.1) is 5.92 Å². The molecule has 3 atom stereocenters. The lowest BCUT2D eigenvalue weighted by Crippen LogP contribution is -2.47. The van der Waals surface area contributed by atoms with Gasteiger partial charge in [0.25, 0.3) is 0 Å². The van der Waals surface area contributed by atoms with Gasteiger partial charge in [0.05, 0.1) is 13.2 Å². The second-order valence-corrected chi connectivity index (χ2v) is 7.83. The summed E-state index contributed by atoms with van der Waals surface area (Å²) in [5.74, 6) is 1.56. The zero-order valence-corrected chi connectivity index (χ0v) is 15.6. The van der Waals surface area contributed by atoms with Gasteiger partial charge in [-0.05, 0) is 32.1 Å². The molecule has 3 fully saturated rings. The van der Waals surface area contributed by atoms with E-state index in [0.717, 1.165) is 57.9 Å². The Morgan fingerprint density at radius 3 is 2.71 bits per heavy atom. The van der Waals surface area contributed by atoms with Crippen LogP contribution >= 0.6 is 0 Å². The van der Waals surface area contributed by atoms with Crippen LogP contribution in [0.1, 0.15) is 33.1 Å². The number of rotatable bonds is 6. The standard InChI is InChI=1S/C18H35N5O/c1-14(12-22-6-8-24-9-7-22)11-20-18(19-3)21-16-10-15(2)23(13-16)17-4-5-17/h14-17H,4-13H2,1-3H3,(H2,19,20,21). The summed E-state index contributed by atoms with van der Waals surface area (Å²) in [6.45, 7) is 11.8. The second-order valence-electron chi connectivity index (χ2n) is 7.83. The third-order valence-corrected chi connectivity index (χ3v) is 5.49. The van der Waals surface area contributed by atoms with E-state index >= 15 is 0 Å². The highest BCUT2D eigenvalue weighted by Gasteiger charge is 2.38. The van der Waals surface area contributed by atoms with Crippen molar-refractivity contribution in [2.75, 3.05) is 53.0 Å². The minimum absolute atomic E-state index is 0.529. The number of nitrogens with one attached hydrogen (secondary N) is 2. The summed E-state index contributed by atoms with van der Waals surface area (Å²) in [6.07, 6.45) is 4.01. The fourth-order valence-electron chi connectivity index (χ4n) is 4.02. The third-order valence-electron chi connectivity index (χ3n) is 5.49. The topological polar surface area (TPSA) is 52.1 Å². The summed E-state index contributed by atoms with van der Waals surface area (Å²) in [4.78, 5) is 9.59. The molecule has 1 aliphatic carbocycles. The van der Waals surface area contributed by atoms with Crippen LogP contribution in [0.15, 0.2) is 4.99 Å². The molecule has 0 spiro atoms. The molecule has 0 aromatic heterocycles. The highest BCUT2D eigenvalue weighted by molar-refractivity contribution is 5.80. The van der Waals surface area contributed by atoms with E-state index in [1.54, 1.807) is 0 Å². The van der Waals surface area contributed by atoms with E-state index in [4.69, 9.17) is 4.74 Å². The molecule has 3 aliphatic rings. The first-order valence-corrected chi connectivity index (χ1v) is 9.68. The first-order chi connectivity index (χ1) is 11.7. The SMILES string of the molecule is CN=C(NCC(C)CN1CCOCC1)NC1CC(C)N(C2CC2)C1. The molecular formula is C18H35N5O. The molecule has 0 bridgehead atoms. The van der Waals surface area contributed by atoms with Crippen LogP contribution in [0.3, 0.4) is 0 Å². The fourth-order valence-corrected chi connectivity index (χ4v) is 4.02. The van der Waals surface area contributed by atoms with Crippen LogP contribution in [-0.4, -0.2) is 86.9 Å². The molecule has 0 aromatic rings. The highest BCUT2D eigenvalue weighted by atomic mass is 16.5. The monoisotopic (exact) mass is 337 g/mol. The number of morpholine rings is 1. The maximum atomic E-state index is 5.42. The van der Waals surface area contributed by atoms with E-state index in [9.17, 15) is 0 Å². The first-order valence-electron chi connectivity index (χ1n) is 9.68. The number of hydrogen-bond acceptors (Lipinski definition) is 4. The summed E-state index contributed by atoms with van der Waals surface area (Å²) in [5, 5.41) is 7.15.